The van der Waals surface area contributed by atoms with Gasteiger partial charge in [-0.3, -0.25) is 19.4 Å². The summed E-state index contributed by atoms with van der Waals surface area (Å²) in [7, 11) is 1.53. The molecular formula is C33H36N4O4. The van der Waals surface area contributed by atoms with Crippen LogP contribution in [0.3, 0.4) is 0 Å². The molecule has 0 bridgehead atoms. The molecule has 0 radical (unpaired) electrons. The van der Waals surface area contributed by atoms with Crippen molar-refractivity contribution < 1.29 is 19.1 Å². The van der Waals surface area contributed by atoms with Crippen LogP contribution in [0.15, 0.2) is 97.6 Å². The number of hydrogen-bond donors (Lipinski definition) is 2. The van der Waals surface area contributed by atoms with Crippen LogP contribution in [0.25, 0.3) is 22.3 Å². The van der Waals surface area contributed by atoms with Crippen molar-refractivity contribution in [3.8, 4) is 22.3 Å². The number of aromatic nitrogens is 2. The van der Waals surface area contributed by atoms with Gasteiger partial charge in [-0.25, -0.2) is 0 Å². The summed E-state index contributed by atoms with van der Waals surface area (Å²) in [6.07, 6.45) is 6.93. The number of esters is 1. The lowest BCUT2D eigenvalue weighted by atomic mass is 9.86. The van der Waals surface area contributed by atoms with Crippen LogP contribution >= 0.6 is 0 Å². The quantitative estimate of drug-likeness (QED) is 0.264. The molecule has 2 amide bonds. The molecule has 2 atom stereocenters. The van der Waals surface area contributed by atoms with Gasteiger partial charge in [0.2, 0.25) is 11.8 Å². The highest BCUT2D eigenvalue weighted by Crippen LogP contribution is 2.27. The Balaban J connectivity index is 1.57. The Bertz CT molecular complexity index is 1460. The van der Waals surface area contributed by atoms with Crippen molar-refractivity contribution in [1.29, 1.82) is 0 Å². The zero-order valence-corrected chi connectivity index (χ0v) is 23.8. The summed E-state index contributed by atoms with van der Waals surface area (Å²) in [5, 5.41) is 5.50. The molecule has 212 valence electrons. The molecule has 0 fully saturated rings. The fraction of sp³-hybridized carbons (Fsp3) is 0.273. The van der Waals surface area contributed by atoms with Crippen LogP contribution in [0.4, 0.5) is 0 Å². The van der Waals surface area contributed by atoms with Gasteiger partial charge in [-0.15, -0.1) is 0 Å². The molecule has 0 aliphatic carbocycles. The Labute approximate surface area is 240 Å². The molecule has 8 heteroatoms. The summed E-state index contributed by atoms with van der Waals surface area (Å²) in [6.45, 7) is 5.73. The summed E-state index contributed by atoms with van der Waals surface area (Å²) < 4.78 is 7.20. The fourth-order valence-electron chi connectivity index (χ4n) is 4.52. The van der Waals surface area contributed by atoms with Gasteiger partial charge in [0.25, 0.3) is 0 Å². The number of rotatable bonds is 10. The van der Waals surface area contributed by atoms with E-state index in [2.05, 4.69) is 15.6 Å². The van der Waals surface area contributed by atoms with Gasteiger partial charge in [0.1, 0.15) is 18.7 Å². The van der Waals surface area contributed by atoms with E-state index in [1.54, 1.807) is 23.2 Å². The molecule has 0 saturated heterocycles. The lowest BCUT2D eigenvalue weighted by Gasteiger charge is -2.31. The lowest BCUT2D eigenvalue weighted by Crippen LogP contribution is -2.54. The minimum atomic E-state index is -0.919. The standard InChI is InChI=1S/C33H36N4O4/c1-33(2,3)30(32(40)34-4)36-31(39)28(20-29(38)41-22-23-8-6-5-7-9-23)37-19-16-27(21-37)25-12-10-24(11-13-25)26-14-17-35-18-15-26/h5-19,21,28,30H,20,22H2,1-4H3,(H,34,40)(H,36,39). The molecule has 0 aliphatic heterocycles. The second-order valence-electron chi connectivity index (χ2n) is 10.9. The maximum atomic E-state index is 13.7. The highest BCUT2D eigenvalue weighted by atomic mass is 16.5. The number of hydrogen-bond acceptors (Lipinski definition) is 5. The number of pyridine rings is 1. The highest BCUT2D eigenvalue weighted by Gasteiger charge is 2.35. The van der Waals surface area contributed by atoms with Gasteiger partial charge in [-0.05, 0) is 51.4 Å². The average Bonchev–Trinajstić information content (AvgIpc) is 3.47. The average molecular weight is 553 g/mol. The third-order valence-electron chi connectivity index (χ3n) is 6.87. The van der Waals surface area contributed by atoms with Gasteiger partial charge >= 0.3 is 5.97 Å². The molecule has 2 heterocycles. The van der Waals surface area contributed by atoms with Gasteiger partial charge in [-0.1, -0.05) is 75.4 Å². The van der Waals surface area contributed by atoms with E-state index >= 15 is 0 Å². The van der Waals surface area contributed by atoms with Crippen molar-refractivity contribution in [3.05, 3.63) is 103 Å². The number of nitrogens with one attached hydrogen (secondary N) is 2. The molecule has 0 aliphatic rings. The summed E-state index contributed by atoms with van der Waals surface area (Å²) in [5.41, 5.74) is 4.29. The molecule has 2 aromatic heterocycles. The number of ether oxygens (including phenoxy) is 1. The molecule has 2 N–H and O–H groups in total. The van der Waals surface area contributed by atoms with Crippen LogP contribution in [-0.4, -0.2) is 40.4 Å². The van der Waals surface area contributed by atoms with E-state index in [4.69, 9.17) is 4.74 Å². The topological polar surface area (TPSA) is 102 Å². The van der Waals surface area contributed by atoms with Crippen LogP contribution in [0.1, 0.15) is 38.8 Å². The Morgan fingerprint density at radius 2 is 1.44 bits per heavy atom. The van der Waals surface area contributed by atoms with Crippen molar-refractivity contribution in [2.75, 3.05) is 7.05 Å². The van der Waals surface area contributed by atoms with Crippen molar-refractivity contribution in [2.24, 2.45) is 5.41 Å². The van der Waals surface area contributed by atoms with Crippen molar-refractivity contribution in [2.45, 2.75) is 45.9 Å². The first-order valence-electron chi connectivity index (χ1n) is 13.6. The van der Waals surface area contributed by atoms with Crippen molar-refractivity contribution in [3.63, 3.8) is 0 Å². The number of carbonyl (C=O) groups excluding carboxylic acids is 3. The fourth-order valence-corrected chi connectivity index (χ4v) is 4.52. The van der Waals surface area contributed by atoms with Crippen LogP contribution in [0.2, 0.25) is 0 Å². The van der Waals surface area contributed by atoms with E-state index in [0.29, 0.717) is 0 Å². The Morgan fingerprint density at radius 3 is 2.05 bits per heavy atom. The molecule has 41 heavy (non-hydrogen) atoms. The van der Waals surface area contributed by atoms with E-state index in [1.807, 2.05) is 99.8 Å². The minimum absolute atomic E-state index is 0.109. The summed E-state index contributed by atoms with van der Waals surface area (Å²) >= 11 is 0. The number of carbonyl (C=O) groups is 3. The third-order valence-corrected chi connectivity index (χ3v) is 6.87. The van der Waals surface area contributed by atoms with Crippen molar-refractivity contribution >= 4 is 17.8 Å². The summed E-state index contributed by atoms with van der Waals surface area (Å²) in [4.78, 5) is 43.3. The maximum Gasteiger partial charge on any atom is 0.308 e. The minimum Gasteiger partial charge on any atom is -0.461 e. The molecule has 8 nitrogen and oxygen atoms in total. The molecule has 4 aromatic rings. The second kappa shape index (κ2) is 13.1. The molecule has 2 aromatic carbocycles. The zero-order chi connectivity index (χ0) is 29.4. The molecule has 4 rings (SSSR count). The lowest BCUT2D eigenvalue weighted by molar-refractivity contribution is -0.148. The van der Waals surface area contributed by atoms with E-state index in [-0.39, 0.29) is 18.9 Å². The maximum absolute atomic E-state index is 13.7. The molecule has 2 unspecified atom stereocenters. The number of likely N-dealkylation sites (N-methyl/N-ethyl adjacent to an activating group) is 1. The predicted octanol–water partition coefficient (Wildman–Crippen LogP) is 5.17. The molecular weight excluding hydrogens is 516 g/mol. The first-order valence-corrected chi connectivity index (χ1v) is 13.6. The van der Waals surface area contributed by atoms with Crippen molar-refractivity contribution in [1.82, 2.24) is 20.2 Å². The van der Waals surface area contributed by atoms with Crippen LogP contribution in [-0.2, 0) is 25.7 Å². The van der Waals surface area contributed by atoms with E-state index < -0.39 is 29.4 Å². The largest absolute Gasteiger partial charge is 0.461 e. The first-order chi connectivity index (χ1) is 19.7. The SMILES string of the molecule is CNC(=O)C(NC(=O)C(CC(=O)OCc1ccccc1)n1ccc(-c2ccc(-c3ccncc3)cc2)c1)C(C)(C)C. The van der Waals surface area contributed by atoms with Gasteiger partial charge in [0, 0.05) is 31.8 Å². The van der Waals surface area contributed by atoms with Crippen LogP contribution in [0.5, 0.6) is 0 Å². The van der Waals surface area contributed by atoms with Gasteiger partial charge in [-0.2, -0.15) is 0 Å². The Kier molecular flexibility index (Phi) is 9.34. The van der Waals surface area contributed by atoms with Gasteiger partial charge in [0.05, 0.1) is 6.42 Å². The highest BCUT2D eigenvalue weighted by molar-refractivity contribution is 5.91. The van der Waals surface area contributed by atoms with E-state index in [0.717, 1.165) is 27.8 Å². The summed E-state index contributed by atoms with van der Waals surface area (Å²) in [6, 6.07) is 21.6. The monoisotopic (exact) mass is 552 g/mol. The van der Waals surface area contributed by atoms with Gasteiger partial charge < -0.3 is 19.9 Å². The summed E-state index contributed by atoms with van der Waals surface area (Å²) in [5.74, 6) is -1.27. The van der Waals surface area contributed by atoms with Crippen LogP contribution < -0.4 is 10.6 Å². The van der Waals surface area contributed by atoms with Crippen LogP contribution in [0, 0.1) is 5.41 Å². The smallest absolute Gasteiger partial charge is 0.308 e. The van der Waals surface area contributed by atoms with E-state index in [9.17, 15) is 14.4 Å². The van der Waals surface area contributed by atoms with Gasteiger partial charge in [0.15, 0.2) is 0 Å². The normalized spacial score (nSPS) is 12.7. The second-order valence-corrected chi connectivity index (χ2v) is 10.9. The Hall–Kier alpha value is -4.72. The number of amides is 2. The van der Waals surface area contributed by atoms with E-state index in [1.165, 1.54) is 7.05 Å². The Morgan fingerprint density at radius 1 is 0.829 bits per heavy atom. The number of nitrogens with zero attached hydrogens (tertiary/aromatic N) is 2. The number of benzene rings is 2. The molecule has 0 spiro atoms. The first kappa shape index (κ1) is 29.3. The predicted molar refractivity (Wildman–Crippen MR) is 158 cm³/mol. The molecule has 0 saturated carbocycles. The zero-order valence-electron chi connectivity index (χ0n) is 23.8. The third kappa shape index (κ3) is 7.69.